The van der Waals surface area contributed by atoms with Gasteiger partial charge in [-0.25, -0.2) is 8.42 Å². The van der Waals surface area contributed by atoms with Crippen molar-refractivity contribution in [2.75, 3.05) is 18.1 Å². The maximum absolute atomic E-state index is 12.0. The summed E-state index contributed by atoms with van der Waals surface area (Å²) in [5.74, 6) is 0.174. The first-order valence-corrected chi connectivity index (χ1v) is 8.32. The summed E-state index contributed by atoms with van der Waals surface area (Å²) in [6, 6.07) is 0. The van der Waals surface area contributed by atoms with Crippen LogP contribution < -0.4 is 11.1 Å². The number of nitrogens with one attached hydrogen (secondary N) is 1. The monoisotopic (exact) mass is 274 g/mol. The maximum atomic E-state index is 12.0. The largest absolute Gasteiger partial charge is 0.350 e. The Morgan fingerprint density at radius 3 is 2.39 bits per heavy atom. The molecule has 0 aromatic carbocycles. The van der Waals surface area contributed by atoms with Crippen molar-refractivity contribution < 1.29 is 13.2 Å². The molecule has 1 saturated heterocycles. The first kappa shape index (κ1) is 13.8. The molecule has 2 fully saturated rings. The van der Waals surface area contributed by atoms with Crippen LogP contribution in [0, 0.1) is 5.41 Å². The molecular weight excluding hydrogens is 252 g/mol. The quantitative estimate of drug-likeness (QED) is 0.766. The summed E-state index contributed by atoms with van der Waals surface area (Å²) in [5.41, 5.74) is 5.11. The Labute approximate surface area is 108 Å². The number of sulfone groups is 1. The van der Waals surface area contributed by atoms with Gasteiger partial charge in [0.05, 0.1) is 17.0 Å². The number of amides is 1. The average molecular weight is 274 g/mol. The van der Waals surface area contributed by atoms with Gasteiger partial charge in [-0.3, -0.25) is 4.79 Å². The molecule has 104 valence electrons. The normalized spacial score (nSPS) is 32.8. The SMILES string of the molecule is CC1(NC(=O)CC2(CN)CCC2)CCS(=O)(=O)C1. The smallest absolute Gasteiger partial charge is 0.221 e. The van der Waals surface area contributed by atoms with Crippen LogP contribution in [-0.4, -0.2) is 37.9 Å². The minimum Gasteiger partial charge on any atom is -0.350 e. The summed E-state index contributed by atoms with van der Waals surface area (Å²) in [6.07, 6.45) is 4.09. The zero-order valence-electron chi connectivity index (χ0n) is 10.9. The molecule has 6 heteroatoms. The van der Waals surface area contributed by atoms with E-state index in [1.807, 2.05) is 6.92 Å². The second-order valence-electron chi connectivity index (χ2n) is 6.19. The van der Waals surface area contributed by atoms with Crippen LogP contribution in [0.1, 0.15) is 39.0 Å². The predicted molar refractivity (Wildman–Crippen MR) is 69.8 cm³/mol. The molecule has 1 atom stereocenters. The summed E-state index contributed by atoms with van der Waals surface area (Å²) in [6.45, 7) is 2.35. The van der Waals surface area contributed by atoms with Crippen molar-refractivity contribution in [1.82, 2.24) is 5.32 Å². The zero-order valence-corrected chi connectivity index (χ0v) is 11.7. The number of rotatable bonds is 4. The van der Waals surface area contributed by atoms with E-state index in [-0.39, 0.29) is 22.8 Å². The number of hydrogen-bond donors (Lipinski definition) is 2. The van der Waals surface area contributed by atoms with Crippen LogP contribution in [0.25, 0.3) is 0 Å². The van der Waals surface area contributed by atoms with E-state index < -0.39 is 15.4 Å². The van der Waals surface area contributed by atoms with E-state index in [0.29, 0.717) is 19.4 Å². The minimum atomic E-state index is -2.98. The number of carbonyl (C=O) groups excluding carboxylic acids is 1. The van der Waals surface area contributed by atoms with Crippen LogP contribution in [0.15, 0.2) is 0 Å². The summed E-state index contributed by atoms with van der Waals surface area (Å²) in [7, 11) is -2.98. The van der Waals surface area contributed by atoms with Crippen LogP contribution in [0.2, 0.25) is 0 Å². The topological polar surface area (TPSA) is 89.3 Å². The van der Waals surface area contributed by atoms with Gasteiger partial charge in [0.2, 0.25) is 5.91 Å². The molecule has 0 radical (unpaired) electrons. The second-order valence-corrected chi connectivity index (χ2v) is 8.37. The fraction of sp³-hybridized carbons (Fsp3) is 0.917. The Kier molecular flexibility index (Phi) is 3.44. The first-order chi connectivity index (χ1) is 8.28. The zero-order chi connectivity index (χ0) is 13.4. The molecule has 1 aliphatic heterocycles. The lowest BCUT2D eigenvalue weighted by molar-refractivity contribution is -0.126. The maximum Gasteiger partial charge on any atom is 0.221 e. The molecule has 0 aromatic rings. The van der Waals surface area contributed by atoms with Gasteiger partial charge in [-0.05, 0) is 38.1 Å². The molecule has 2 aliphatic rings. The molecule has 2 rings (SSSR count). The van der Waals surface area contributed by atoms with Gasteiger partial charge in [0.25, 0.3) is 0 Å². The molecule has 18 heavy (non-hydrogen) atoms. The Morgan fingerprint density at radius 2 is 2.00 bits per heavy atom. The molecule has 0 spiro atoms. The van der Waals surface area contributed by atoms with Crippen molar-refractivity contribution >= 4 is 15.7 Å². The standard InChI is InChI=1S/C12H22N2O3S/c1-11(5-6-18(16,17)9-11)14-10(15)7-12(8-13)3-2-4-12/h2-9,13H2,1H3,(H,14,15). The van der Waals surface area contributed by atoms with Crippen molar-refractivity contribution in [1.29, 1.82) is 0 Å². The van der Waals surface area contributed by atoms with Crippen LogP contribution in [0.3, 0.4) is 0 Å². The first-order valence-electron chi connectivity index (χ1n) is 6.50. The number of nitrogens with two attached hydrogens (primary N) is 1. The van der Waals surface area contributed by atoms with E-state index in [4.69, 9.17) is 5.73 Å². The Bertz CT molecular complexity index is 437. The highest BCUT2D eigenvalue weighted by molar-refractivity contribution is 7.91. The van der Waals surface area contributed by atoms with Gasteiger partial charge in [-0.1, -0.05) is 6.42 Å². The van der Waals surface area contributed by atoms with Gasteiger partial charge >= 0.3 is 0 Å². The molecule has 5 nitrogen and oxygen atoms in total. The molecular formula is C12H22N2O3S. The van der Waals surface area contributed by atoms with Crippen molar-refractivity contribution in [2.24, 2.45) is 11.1 Å². The summed E-state index contributed by atoms with van der Waals surface area (Å²) >= 11 is 0. The second kappa shape index (κ2) is 4.49. The summed E-state index contributed by atoms with van der Waals surface area (Å²) < 4.78 is 22.9. The van der Waals surface area contributed by atoms with Gasteiger partial charge in [0.15, 0.2) is 9.84 Å². The lowest BCUT2D eigenvalue weighted by Gasteiger charge is -2.41. The van der Waals surface area contributed by atoms with Crippen LogP contribution in [0.4, 0.5) is 0 Å². The van der Waals surface area contributed by atoms with Gasteiger partial charge in [0, 0.05) is 6.42 Å². The molecule has 1 amide bonds. The van der Waals surface area contributed by atoms with E-state index >= 15 is 0 Å². The lowest BCUT2D eigenvalue weighted by atomic mass is 9.66. The fourth-order valence-electron chi connectivity index (χ4n) is 2.96. The van der Waals surface area contributed by atoms with Crippen LogP contribution >= 0.6 is 0 Å². The van der Waals surface area contributed by atoms with Crippen molar-refractivity contribution in [2.45, 2.75) is 44.6 Å². The van der Waals surface area contributed by atoms with Crippen molar-refractivity contribution in [3.05, 3.63) is 0 Å². The van der Waals surface area contributed by atoms with Crippen molar-refractivity contribution in [3.63, 3.8) is 0 Å². The number of carbonyl (C=O) groups is 1. The Hall–Kier alpha value is -0.620. The third-order valence-corrected chi connectivity index (χ3v) is 6.23. The van der Waals surface area contributed by atoms with Gasteiger partial charge in [-0.15, -0.1) is 0 Å². The summed E-state index contributed by atoms with van der Waals surface area (Å²) in [5, 5.41) is 2.90. The van der Waals surface area contributed by atoms with Crippen LogP contribution in [0.5, 0.6) is 0 Å². The van der Waals surface area contributed by atoms with Gasteiger partial charge < -0.3 is 11.1 Å². The van der Waals surface area contributed by atoms with E-state index in [1.54, 1.807) is 0 Å². The highest BCUT2D eigenvalue weighted by atomic mass is 32.2. The molecule has 1 aliphatic carbocycles. The van der Waals surface area contributed by atoms with Crippen LogP contribution in [-0.2, 0) is 14.6 Å². The molecule has 0 bridgehead atoms. The summed E-state index contributed by atoms with van der Waals surface area (Å²) in [4.78, 5) is 12.0. The van der Waals surface area contributed by atoms with E-state index in [0.717, 1.165) is 19.3 Å². The highest BCUT2D eigenvalue weighted by Gasteiger charge is 2.42. The van der Waals surface area contributed by atoms with E-state index in [2.05, 4.69) is 5.32 Å². The third-order valence-electron chi connectivity index (χ3n) is 4.33. The Balaban J connectivity index is 1.92. The number of hydrogen-bond acceptors (Lipinski definition) is 4. The molecule has 0 aromatic heterocycles. The lowest BCUT2D eigenvalue weighted by Crippen LogP contribution is -2.50. The molecule has 3 N–H and O–H groups in total. The average Bonchev–Trinajstić information content (AvgIpc) is 2.46. The molecule has 1 saturated carbocycles. The minimum absolute atomic E-state index is 0.0298. The van der Waals surface area contributed by atoms with Crippen molar-refractivity contribution in [3.8, 4) is 0 Å². The van der Waals surface area contributed by atoms with E-state index in [9.17, 15) is 13.2 Å². The van der Waals surface area contributed by atoms with Gasteiger partial charge in [0.1, 0.15) is 0 Å². The van der Waals surface area contributed by atoms with E-state index in [1.165, 1.54) is 0 Å². The molecule has 1 unspecified atom stereocenters. The third kappa shape index (κ3) is 2.85. The highest BCUT2D eigenvalue weighted by Crippen LogP contribution is 2.43. The van der Waals surface area contributed by atoms with Gasteiger partial charge in [-0.2, -0.15) is 0 Å². The molecule has 1 heterocycles. The Morgan fingerprint density at radius 1 is 1.33 bits per heavy atom. The predicted octanol–water partition coefficient (Wildman–Crippen LogP) is 0.199. The fourth-order valence-corrected chi connectivity index (χ4v) is 5.05.